The Labute approximate surface area is 173 Å². The van der Waals surface area contributed by atoms with Gasteiger partial charge in [0.1, 0.15) is 6.42 Å². The standard InChI is InChI=1S/C21H20N4O5/c1-14(19(27)25-21(29)23-13-15-5-3-2-4-6-15)30-20(28)16-7-9-17(10-8-16)24-18(26)11-12-22/h2-10,14H,11,13H2,1H3,(H,24,26)(H2,23,25,27,29)/t14-/m1/s1. The lowest BCUT2D eigenvalue weighted by molar-refractivity contribution is -0.127. The number of anilines is 1. The van der Waals surface area contributed by atoms with Gasteiger partial charge in [0.2, 0.25) is 5.91 Å². The van der Waals surface area contributed by atoms with Crippen molar-refractivity contribution in [1.29, 1.82) is 5.26 Å². The second-order valence-corrected chi connectivity index (χ2v) is 6.17. The van der Waals surface area contributed by atoms with E-state index in [1.54, 1.807) is 6.07 Å². The van der Waals surface area contributed by atoms with Crippen molar-refractivity contribution in [2.75, 3.05) is 5.32 Å². The number of amides is 4. The maximum atomic E-state index is 12.2. The van der Waals surface area contributed by atoms with E-state index in [4.69, 9.17) is 10.00 Å². The molecule has 0 aliphatic rings. The van der Waals surface area contributed by atoms with Crippen molar-refractivity contribution < 1.29 is 23.9 Å². The molecule has 4 amide bonds. The van der Waals surface area contributed by atoms with Crippen LogP contribution in [-0.2, 0) is 20.9 Å². The first-order valence-corrected chi connectivity index (χ1v) is 8.99. The molecule has 1 atom stereocenters. The van der Waals surface area contributed by atoms with Crippen molar-refractivity contribution in [2.45, 2.75) is 26.0 Å². The predicted octanol–water partition coefficient (Wildman–Crippen LogP) is 2.11. The van der Waals surface area contributed by atoms with Gasteiger partial charge in [0.05, 0.1) is 11.6 Å². The molecule has 9 heteroatoms. The Morgan fingerprint density at radius 1 is 1.03 bits per heavy atom. The molecule has 3 N–H and O–H groups in total. The number of nitrogens with one attached hydrogen (secondary N) is 3. The van der Waals surface area contributed by atoms with Gasteiger partial charge in [-0.3, -0.25) is 14.9 Å². The number of carbonyl (C=O) groups is 4. The van der Waals surface area contributed by atoms with E-state index in [-0.39, 0.29) is 18.5 Å². The molecule has 0 aliphatic carbocycles. The minimum atomic E-state index is -1.20. The molecule has 0 aromatic heterocycles. The fourth-order valence-corrected chi connectivity index (χ4v) is 2.28. The maximum absolute atomic E-state index is 12.2. The molecule has 30 heavy (non-hydrogen) atoms. The summed E-state index contributed by atoms with van der Waals surface area (Å²) in [6.07, 6.45) is -1.48. The summed E-state index contributed by atoms with van der Waals surface area (Å²) in [6.45, 7) is 1.58. The van der Waals surface area contributed by atoms with Gasteiger partial charge in [-0.05, 0) is 36.8 Å². The third-order valence-corrected chi connectivity index (χ3v) is 3.83. The van der Waals surface area contributed by atoms with Gasteiger partial charge in [-0.2, -0.15) is 5.26 Å². The van der Waals surface area contributed by atoms with Gasteiger partial charge in [0, 0.05) is 12.2 Å². The average molecular weight is 408 g/mol. The zero-order valence-corrected chi connectivity index (χ0v) is 16.2. The van der Waals surface area contributed by atoms with Crippen molar-refractivity contribution in [3.8, 4) is 6.07 Å². The Hall–Kier alpha value is -4.19. The summed E-state index contributed by atoms with van der Waals surface area (Å²) in [5.74, 6) is -2.00. The van der Waals surface area contributed by atoms with E-state index in [1.807, 2.05) is 30.3 Å². The van der Waals surface area contributed by atoms with Gasteiger partial charge in [0.25, 0.3) is 5.91 Å². The maximum Gasteiger partial charge on any atom is 0.338 e. The van der Waals surface area contributed by atoms with Crippen LogP contribution in [0.2, 0.25) is 0 Å². The number of hydrogen-bond donors (Lipinski definition) is 3. The van der Waals surface area contributed by atoms with Crippen LogP contribution in [0.25, 0.3) is 0 Å². The SMILES string of the molecule is C[C@@H](OC(=O)c1ccc(NC(=O)CC#N)cc1)C(=O)NC(=O)NCc1ccccc1. The summed E-state index contributed by atoms with van der Waals surface area (Å²) in [6, 6.07) is 15.9. The van der Waals surface area contributed by atoms with E-state index >= 15 is 0 Å². The summed E-state index contributed by atoms with van der Waals surface area (Å²) in [5.41, 5.74) is 1.43. The van der Waals surface area contributed by atoms with Crippen LogP contribution in [0, 0.1) is 11.3 Å². The average Bonchev–Trinajstić information content (AvgIpc) is 2.73. The first-order chi connectivity index (χ1) is 14.4. The zero-order chi connectivity index (χ0) is 21.9. The first-order valence-electron chi connectivity index (χ1n) is 8.99. The van der Waals surface area contributed by atoms with Gasteiger partial charge < -0.3 is 15.4 Å². The largest absolute Gasteiger partial charge is 0.449 e. The van der Waals surface area contributed by atoms with Crippen molar-refractivity contribution >= 4 is 29.5 Å². The predicted molar refractivity (Wildman–Crippen MR) is 107 cm³/mol. The third kappa shape index (κ3) is 7.09. The minimum absolute atomic E-state index is 0.154. The molecule has 2 aromatic rings. The Bertz CT molecular complexity index is 952. The Kier molecular flexibility index (Phi) is 8.08. The number of esters is 1. The molecule has 0 bridgehead atoms. The lowest BCUT2D eigenvalue weighted by Gasteiger charge is -2.13. The van der Waals surface area contributed by atoms with Crippen LogP contribution in [0.1, 0.15) is 29.3 Å². The number of ether oxygens (including phenoxy) is 1. The van der Waals surface area contributed by atoms with Gasteiger partial charge in [0.15, 0.2) is 6.10 Å². The molecule has 2 aromatic carbocycles. The van der Waals surface area contributed by atoms with E-state index in [2.05, 4.69) is 16.0 Å². The normalized spacial score (nSPS) is 10.8. The van der Waals surface area contributed by atoms with Gasteiger partial charge in [-0.15, -0.1) is 0 Å². The highest BCUT2D eigenvalue weighted by atomic mass is 16.5. The second kappa shape index (κ2) is 11.0. The highest BCUT2D eigenvalue weighted by Crippen LogP contribution is 2.12. The van der Waals surface area contributed by atoms with Crippen LogP contribution in [0.4, 0.5) is 10.5 Å². The fraction of sp³-hybridized carbons (Fsp3) is 0.190. The van der Waals surface area contributed by atoms with Crippen LogP contribution in [0.15, 0.2) is 54.6 Å². The van der Waals surface area contributed by atoms with Crippen LogP contribution in [0.5, 0.6) is 0 Å². The number of carbonyl (C=O) groups excluding carboxylic acids is 4. The smallest absolute Gasteiger partial charge is 0.338 e. The fourth-order valence-electron chi connectivity index (χ4n) is 2.28. The van der Waals surface area contributed by atoms with E-state index in [1.165, 1.54) is 31.2 Å². The molecule has 0 radical (unpaired) electrons. The summed E-state index contributed by atoms with van der Waals surface area (Å²) in [5, 5.41) is 15.6. The summed E-state index contributed by atoms with van der Waals surface area (Å²) in [7, 11) is 0. The number of imide groups is 1. The van der Waals surface area contributed by atoms with E-state index in [0.717, 1.165) is 5.56 Å². The van der Waals surface area contributed by atoms with Crippen molar-refractivity contribution in [2.24, 2.45) is 0 Å². The lowest BCUT2D eigenvalue weighted by Crippen LogP contribution is -2.44. The summed E-state index contributed by atoms with van der Waals surface area (Å²) < 4.78 is 5.06. The first kappa shape index (κ1) is 22.1. The van der Waals surface area contributed by atoms with E-state index in [0.29, 0.717) is 5.69 Å². The van der Waals surface area contributed by atoms with Gasteiger partial charge in [-0.25, -0.2) is 9.59 Å². The molecular weight excluding hydrogens is 388 g/mol. The minimum Gasteiger partial charge on any atom is -0.449 e. The molecule has 0 spiro atoms. The monoisotopic (exact) mass is 408 g/mol. The van der Waals surface area contributed by atoms with Crippen LogP contribution in [-0.4, -0.2) is 29.9 Å². The van der Waals surface area contributed by atoms with Gasteiger partial charge in [-0.1, -0.05) is 30.3 Å². The number of nitriles is 1. The van der Waals surface area contributed by atoms with Crippen molar-refractivity contribution in [3.63, 3.8) is 0 Å². The summed E-state index contributed by atoms with van der Waals surface area (Å²) in [4.78, 5) is 47.4. The number of rotatable bonds is 7. The lowest BCUT2D eigenvalue weighted by atomic mass is 10.2. The zero-order valence-electron chi connectivity index (χ0n) is 16.2. The highest BCUT2D eigenvalue weighted by molar-refractivity contribution is 5.98. The molecule has 0 heterocycles. The second-order valence-electron chi connectivity index (χ2n) is 6.17. The van der Waals surface area contributed by atoms with Crippen LogP contribution in [0.3, 0.4) is 0 Å². The van der Waals surface area contributed by atoms with E-state index < -0.39 is 29.9 Å². The molecule has 0 unspecified atom stereocenters. The quantitative estimate of drug-likeness (QED) is 0.600. The Balaban J connectivity index is 1.81. The highest BCUT2D eigenvalue weighted by Gasteiger charge is 2.20. The third-order valence-electron chi connectivity index (χ3n) is 3.83. The Morgan fingerprint density at radius 3 is 2.33 bits per heavy atom. The van der Waals surface area contributed by atoms with E-state index in [9.17, 15) is 19.2 Å². The van der Waals surface area contributed by atoms with Gasteiger partial charge >= 0.3 is 12.0 Å². The molecular formula is C21H20N4O5. The Morgan fingerprint density at radius 2 is 1.70 bits per heavy atom. The molecule has 2 rings (SSSR count). The molecule has 0 fully saturated rings. The topological polar surface area (TPSA) is 137 Å². The van der Waals surface area contributed by atoms with Crippen LogP contribution >= 0.6 is 0 Å². The van der Waals surface area contributed by atoms with Crippen molar-refractivity contribution in [3.05, 3.63) is 65.7 Å². The van der Waals surface area contributed by atoms with Crippen LogP contribution < -0.4 is 16.0 Å². The number of hydrogen-bond acceptors (Lipinski definition) is 6. The summed E-state index contributed by atoms with van der Waals surface area (Å²) >= 11 is 0. The molecule has 0 saturated heterocycles. The molecule has 0 aliphatic heterocycles. The molecule has 0 saturated carbocycles. The number of urea groups is 1. The van der Waals surface area contributed by atoms with Crippen molar-refractivity contribution in [1.82, 2.24) is 10.6 Å². The molecule has 154 valence electrons. The molecule has 9 nitrogen and oxygen atoms in total. The number of benzene rings is 2. The number of nitrogens with zero attached hydrogens (tertiary/aromatic N) is 1.